The van der Waals surface area contributed by atoms with E-state index < -0.39 is 0 Å². The molecule has 2 nitrogen and oxygen atoms in total. The molecule has 0 aliphatic heterocycles. The van der Waals surface area contributed by atoms with Crippen LogP contribution in [0.1, 0.15) is 20.8 Å². The van der Waals surface area contributed by atoms with Crippen LogP contribution in [-0.4, -0.2) is 23.4 Å². The lowest BCUT2D eigenvalue weighted by Crippen LogP contribution is -2.22. The van der Waals surface area contributed by atoms with Crippen molar-refractivity contribution >= 4 is 17.3 Å². The zero-order valence-electron chi connectivity index (χ0n) is 6.68. The van der Waals surface area contributed by atoms with Crippen LogP contribution in [0.15, 0.2) is 0 Å². The first-order valence-corrected chi connectivity index (χ1v) is 3.67. The second-order valence-electron chi connectivity index (χ2n) is 3.11. The molecular formula is C7H14O2S. The number of aliphatic hydroxyl groups excluding tert-OH is 1. The van der Waals surface area contributed by atoms with Crippen molar-refractivity contribution in [3.8, 4) is 0 Å². The van der Waals surface area contributed by atoms with Crippen molar-refractivity contribution in [3.63, 3.8) is 0 Å². The smallest absolute Gasteiger partial charge is 0.165 e. The van der Waals surface area contributed by atoms with E-state index in [1.54, 1.807) is 0 Å². The van der Waals surface area contributed by atoms with Crippen LogP contribution in [0.25, 0.3) is 0 Å². The number of ether oxygens (including phenoxy) is 1. The summed E-state index contributed by atoms with van der Waals surface area (Å²) in [5, 5.41) is 8.95. The van der Waals surface area contributed by atoms with Crippen LogP contribution < -0.4 is 0 Å². The summed E-state index contributed by atoms with van der Waals surface area (Å²) in [6.45, 7) is 6.26. The highest BCUT2D eigenvalue weighted by Crippen LogP contribution is 2.16. The Bertz CT molecular complexity index is 115. The van der Waals surface area contributed by atoms with E-state index in [1.165, 1.54) is 0 Å². The Hall–Kier alpha value is -0.150. The summed E-state index contributed by atoms with van der Waals surface area (Å²) in [6.07, 6.45) is 0. The molecule has 0 aromatic carbocycles. The molecule has 0 saturated heterocycles. The van der Waals surface area contributed by atoms with Gasteiger partial charge in [0.05, 0.1) is 6.61 Å². The molecule has 0 aromatic rings. The minimum atomic E-state index is -0.0928. The zero-order valence-corrected chi connectivity index (χ0v) is 7.49. The van der Waals surface area contributed by atoms with Crippen molar-refractivity contribution in [1.82, 2.24) is 0 Å². The predicted octanol–water partition coefficient (Wildman–Crippen LogP) is 1.37. The Morgan fingerprint density at radius 2 is 2.00 bits per heavy atom. The molecule has 0 fully saturated rings. The molecule has 1 N–H and O–H groups in total. The molecule has 3 heteroatoms. The lowest BCUT2D eigenvalue weighted by atomic mass is 9.98. The van der Waals surface area contributed by atoms with Gasteiger partial charge in [0.1, 0.15) is 6.61 Å². The van der Waals surface area contributed by atoms with Gasteiger partial charge in [0.2, 0.25) is 0 Å². The lowest BCUT2D eigenvalue weighted by molar-refractivity contribution is 0.183. The first kappa shape index (κ1) is 9.85. The van der Waals surface area contributed by atoms with E-state index in [4.69, 9.17) is 22.1 Å². The van der Waals surface area contributed by atoms with Crippen LogP contribution in [-0.2, 0) is 4.74 Å². The van der Waals surface area contributed by atoms with E-state index in [2.05, 4.69) is 0 Å². The third kappa shape index (κ3) is 3.80. The van der Waals surface area contributed by atoms with Crippen molar-refractivity contribution in [2.75, 3.05) is 13.2 Å². The maximum Gasteiger partial charge on any atom is 0.165 e. The van der Waals surface area contributed by atoms with E-state index in [0.29, 0.717) is 11.7 Å². The number of aliphatic hydroxyl groups is 1. The summed E-state index contributed by atoms with van der Waals surface area (Å²) in [4.78, 5) is 0. The SMILES string of the molecule is CC(C)(C)C(=S)OCCO. The van der Waals surface area contributed by atoms with Gasteiger partial charge in [0.15, 0.2) is 5.05 Å². The average molecular weight is 162 g/mol. The summed E-state index contributed by atoms with van der Waals surface area (Å²) >= 11 is 4.92. The van der Waals surface area contributed by atoms with Gasteiger partial charge in [0, 0.05) is 5.41 Å². The maximum absolute atomic E-state index is 8.40. The Kier molecular flexibility index (Phi) is 3.83. The molecule has 10 heavy (non-hydrogen) atoms. The molecule has 0 aliphatic rings. The summed E-state index contributed by atoms with van der Waals surface area (Å²) < 4.78 is 5.04. The summed E-state index contributed by atoms with van der Waals surface area (Å²) in [7, 11) is 0. The third-order valence-electron chi connectivity index (χ3n) is 0.937. The van der Waals surface area contributed by atoms with Crippen molar-refractivity contribution in [2.24, 2.45) is 5.41 Å². The maximum atomic E-state index is 8.40. The predicted molar refractivity (Wildman–Crippen MR) is 45.1 cm³/mol. The molecule has 0 aliphatic carbocycles. The standard InChI is InChI=1S/C7H14O2S/c1-7(2,3)6(10)9-5-4-8/h8H,4-5H2,1-3H3. The van der Waals surface area contributed by atoms with Gasteiger partial charge in [-0.05, 0) is 12.2 Å². The van der Waals surface area contributed by atoms with Crippen molar-refractivity contribution in [2.45, 2.75) is 20.8 Å². The summed E-state index contributed by atoms with van der Waals surface area (Å²) in [6, 6.07) is 0. The van der Waals surface area contributed by atoms with Gasteiger partial charge in [-0.15, -0.1) is 0 Å². The first-order valence-electron chi connectivity index (χ1n) is 3.26. The molecule has 0 spiro atoms. The van der Waals surface area contributed by atoms with Crippen molar-refractivity contribution in [1.29, 1.82) is 0 Å². The second kappa shape index (κ2) is 3.88. The average Bonchev–Trinajstić information content (AvgIpc) is 1.80. The largest absolute Gasteiger partial charge is 0.484 e. The van der Waals surface area contributed by atoms with E-state index in [1.807, 2.05) is 20.8 Å². The highest BCUT2D eigenvalue weighted by atomic mass is 32.1. The molecular weight excluding hydrogens is 148 g/mol. The molecule has 0 rings (SSSR count). The van der Waals surface area contributed by atoms with Crippen LogP contribution in [0.5, 0.6) is 0 Å². The van der Waals surface area contributed by atoms with Crippen LogP contribution in [0.2, 0.25) is 0 Å². The summed E-state index contributed by atoms with van der Waals surface area (Å²) in [5.74, 6) is 0. The highest BCUT2D eigenvalue weighted by molar-refractivity contribution is 7.80. The van der Waals surface area contributed by atoms with E-state index in [9.17, 15) is 0 Å². The zero-order chi connectivity index (χ0) is 8.20. The fourth-order valence-electron chi connectivity index (χ4n) is 0.355. The first-order chi connectivity index (χ1) is 4.48. The molecule has 0 bridgehead atoms. The van der Waals surface area contributed by atoms with Crippen LogP contribution in [0.3, 0.4) is 0 Å². The fourth-order valence-corrected chi connectivity index (χ4v) is 0.438. The number of rotatable bonds is 2. The number of hydrogen-bond acceptors (Lipinski definition) is 3. The van der Waals surface area contributed by atoms with Gasteiger partial charge < -0.3 is 9.84 Å². The van der Waals surface area contributed by atoms with Gasteiger partial charge in [-0.2, -0.15) is 0 Å². The van der Waals surface area contributed by atoms with Crippen LogP contribution in [0, 0.1) is 5.41 Å². The van der Waals surface area contributed by atoms with Gasteiger partial charge in [-0.3, -0.25) is 0 Å². The number of thiocarbonyl (C=S) groups is 1. The van der Waals surface area contributed by atoms with Crippen LogP contribution >= 0.6 is 12.2 Å². The minimum absolute atomic E-state index is 0.0240. The summed E-state index contributed by atoms with van der Waals surface area (Å²) in [5.41, 5.74) is -0.0928. The van der Waals surface area contributed by atoms with Gasteiger partial charge >= 0.3 is 0 Å². The monoisotopic (exact) mass is 162 g/mol. The minimum Gasteiger partial charge on any atom is -0.484 e. The molecule has 0 saturated carbocycles. The molecule has 0 radical (unpaired) electrons. The van der Waals surface area contributed by atoms with Crippen molar-refractivity contribution in [3.05, 3.63) is 0 Å². The molecule has 0 heterocycles. The van der Waals surface area contributed by atoms with E-state index >= 15 is 0 Å². The topological polar surface area (TPSA) is 29.5 Å². The molecule has 60 valence electrons. The molecule has 0 amide bonds. The van der Waals surface area contributed by atoms with E-state index in [-0.39, 0.29) is 12.0 Å². The lowest BCUT2D eigenvalue weighted by Gasteiger charge is -2.19. The normalized spacial score (nSPS) is 11.2. The van der Waals surface area contributed by atoms with Crippen molar-refractivity contribution < 1.29 is 9.84 Å². The van der Waals surface area contributed by atoms with E-state index in [0.717, 1.165) is 0 Å². The highest BCUT2D eigenvalue weighted by Gasteiger charge is 2.17. The molecule has 0 unspecified atom stereocenters. The third-order valence-corrected chi connectivity index (χ3v) is 1.67. The second-order valence-corrected chi connectivity index (χ2v) is 3.48. The number of hydrogen-bond donors (Lipinski definition) is 1. The quantitative estimate of drug-likeness (QED) is 0.622. The van der Waals surface area contributed by atoms with Gasteiger partial charge in [-0.1, -0.05) is 20.8 Å². The van der Waals surface area contributed by atoms with Gasteiger partial charge in [0.25, 0.3) is 0 Å². The Labute approximate surface area is 67.2 Å². The fraction of sp³-hybridized carbons (Fsp3) is 0.857. The Morgan fingerprint density at radius 1 is 1.50 bits per heavy atom. The molecule has 0 atom stereocenters. The Balaban J connectivity index is 3.64. The van der Waals surface area contributed by atoms with Gasteiger partial charge in [-0.25, -0.2) is 0 Å². The molecule has 0 aromatic heterocycles. The Morgan fingerprint density at radius 3 is 2.30 bits per heavy atom. The van der Waals surface area contributed by atoms with Crippen LogP contribution in [0.4, 0.5) is 0 Å².